The van der Waals surface area contributed by atoms with Crippen molar-refractivity contribution in [3.8, 4) is 0 Å². The second kappa shape index (κ2) is 4.29. The molecule has 1 saturated heterocycles. The summed E-state index contributed by atoms with van der Waals surface area (Å²) < 4.78 is 27.0. The normalized spacial score (nSPS) is 24.2. The molecule has 2 rings (SSSR count). The lowest BCUT2D eigenvalue weighted by Crippen LogP contribution is -2.36. The lowest BCUT2D eigenvalue weighted by atomic mass is 10.2. The van der Waals surface area contributed by atoms with Crippen LogP contribution in [-0.4, -0.2) is 38.9 Å². The predicted molar refractivity (Wildman–Crippen MR) is 68.1 cm³/mol. The highest BCUT2D eigenvalue weighted by atomic mass is 32.2. The molecule has 1 heterocycles. The van der Waals surface area contributed by atoms with Crippen LogP contribution in [0.1, 0.15) is 5.56 Å². The first-order valence-corrected chi connectivity index (χ1v) is 6.89. The van der Waals surface area contributed by atoms with E-state index < -0.39 is 10.2 Å². The van der Waals surface area contributed by atoms with Gasteiger partial charge in [-0.25, -0.2) is 0 Å². The minimum absolute atomic E-state index is 0.152. The third-order valence-corrected chi connectivity index (χ3v) is 5.07. The fraction of sp³-hybridized carbons (Fsp3) is 0.455. The monoisotopic (exact) mass is 255 g/mol. The standard InChI is InChI=1S/C11H17N3O2S/c1-9-3-5-10(6-4-9)14-8-11(7-12)13(2)17(14,15)16/h3-6,11H,7-8,12H2,1-2H3. The molecule has 0 bridgehead atoms. The number of nitrogens with two attached hydrogens (primary N) is 1. The lowest BCUT2D eigenvalue weighted by molar-refractivity contribution is 0.417. The first kappa shape index (κ1) is 12.3. The van der Waals surface area contributed by atoms with Crippen molar-refractivity contribution in [2.75, 3.05) is 24.4 Å². The van der Waals surface area contributed by atoms with E-state index in [-0.39, 0.29) is 6.04 Å². The second-order valence-electron chi connectivity index (χ2n) is 4.28. The molecule has 2 N–H and O–H groups in total. The Kier molecular flexibility index (Phi) is 3.11. The van der Waals surface area contributed by atoms with Crippen LogP contribution in [0.25, 0.3) is 0 Å². The quantitative estimate of drug-likeness (QED) is 0.827. The topological polar surface area (TPSA) is 66.6 Å². The highest BCUT2D eigenvalue weighted by Crippen LogP contribution is 2.27. The Morgan fingerprint density at radius 2 is 1.94 bits per heavy atom. The molecule has 6 heteroatoms. The molecule has 1 aromatic rings. The molecular formula is C11H17N3O2S. The molecule has 0 spiro atoms. The van der Waals surface area contributed by atoms with Gasteiger partial charge in [0.25, 0.3) is 0 Å². The van der Waals surface area contributed by atoms with E-state index in [0.29, 0.717) is 18.8 Å². The molecule has 94 valence electrons. The van der Waals surface area contributed by atoms with Gasteiger partial charge in [-0.1, -0.05) is 17.7 Å². The number of aryl methyl sites for hydroxylation is 1. The van der Waals surface area contributed by atoms with Crippen molar-refractivity contribution in [1.82, 2.24) is 4.31 Å². The number of likely N-dealkylation sites (N-methyl/N-ethyl adjacent to an activating group) is 1. The second-order valence-corrected chi connectivity index (χ2v) is 6.19. The number of nitrogens with zero attached hydrogens (tertiary/aromatic N) is 2. The molecule has 1 aliphatic rings. The van der Waals surface area contributed by atoms with Crippen molar-refractivity contribution < 1.29 is 8.42 Å². The van der Waals surface area contributed by atoms with Gasteiger partial charge in [0.05, 0.1) is 18.3 Å². The van der Waals surface area contributed by atoms with E-state index in [4.69, 9.17) is 5.73 Å². The number of anilines is 1. The van der Waals surface area contributed by atoms with Gasteiger partial charge >= 0.3 is 10.2 Å². The largest absolute Gasteiger partial charge is 0.329 e. The molecule has 1 unspecified atom stereocenters. The van der Waals surface area contributed by atoms with Gasteiger partial charge in [0.2, 0.25) is 0 Å². The first-order valence-electron chi connectivity index (χ1n) is 5.49. The Morgan fingerprint density at radius 3 is 2.41 bits per heavy atom. The van der Waals surface area contributed by atoms with Crippen molar-refractivity contribution in [2.24, 2.45) is 5.73 Å². The third kappa shape index (κ3) is 2.03. The maximum absolute atomic E-state index is 12.1. The van der Waals surface area contributed by atoms with Gasteiger partial charge in [-0.05, 0) is 19.1 Å². The van der Waals surface area contributed by atoms with E-state index in [1.165, 1.54) is 8.61 Å². The van der Waals surface area contributed by atoms with E-state index in [2.05, 4.69) is 0 Å². The summed E-state index contributed by atoms with van der Waals surface area (Å²) in [6.07, 6.45) is 0. The van der Waals surface area contributed by atoms with Gasteiger partial charge in [-0.3, -0.25) is 4.31 Å². The van der Waals surface area contributed by atoms with E-state index in [1.54, 1.807) is 7.05 Å². The average molecular weight is 255 g/mol. The van der Waals surface area contributed by atoms with Crippen LogP contribution < -0.4 is 10.0 Å². The lowest BCUT2D eigenvalue weighted by Gasteiger charge is -2.17. The summed E-state index contributed by atoms with van der Waals surface area (Å²) in [5, 5.41) is 0. The smallest absolute Gasteiger partial charge is 0.304 e. The van der Waals surface area contributed by atoms with E-state index in [1.807, 2.05) is 31.2 Å². The molecule has 1 fully saturated rings. The van der Waals surface area contributed by atoms with Crippen LogP contribution in [0.3, 0.4) is 0 Å². The highest BCUT2D eigenvalue weighted by Gasteiger charge is 2.40. The van der Waals surface area contributed by atoms with Crippen molar-refractivity contribution in [3.05, 3.63) is 29.8 Å². The Hall–Kier alpha value is -1.11. The highest BCUT2D eigenvalue weighted by molar-refractivity contribution is 7.90. The zero-order valence-electron chi connectivity index (χ0n) is 10.00. The first-order chi connectivity index (χ1) is 7.96. The van der Waals surface area contributed by atoms with Crippen LogP contribution in [0.4, 0.5) is 5.69 Å². The molecule has 0 saturated carbocycles. The predicted octanol–water partition coefficient (Wildman–Crippen LogP) is 0.319. The van der Waals surface area contributed by atoms with Crippen LogP contribution in [0, 0.1) is 6.92 Å². The number of hydrogen-bond acceptors (Lipinski definition) is 3. The van der Waals surface area contributed by atoms with Crippen LogP contribution in [0.5, 0.6) is 0 Å². The number of rotatable bonds is 2. The van der Waals surface area contributed by atoms with Crippen molar-refractivity contribution >= 4 is 15.9 Å². The number of hydrogen-bond donors (Lipinski definition) is 1. The maximum atomic E-state index is 12.1. The van der Waals surface area contributed by atoms with Crippen molar-refractivity contribution in [2.45, 2.75) is 13.0 Å². The zero-order valence-corrected chi connectivity index (χ0v) is 10.8. The van der Waals surface area contributed by atoms with E-state index in [9.17, 15) is 8.42 Å². The minimum Gasteiger partial charge on any atom is -0.329 e. The average Bonchev–Trinajstić information content (AvgIpc) is 2.53. The fourth-order valence-electron chi connectivity index (χ4n) is 1.92. The minimum atomic E-state index is -3.41. The summed E-state index contributed by atoms with van der Waals surface area (Å²) in [5.74, 6) is 0. The Bertz CT molecular complexity index is 498. The Labute approximate surface area is 102 Å². The molecule has 0 aromatic heterocycles. The van der Waals surface area contributed by atoms with Crippen molar-refractivity contribution in [3.63, 3.8) is 0 Å². The molecule has 17 heavy (non-hydrogen) atoms. The molecule has 5 nitrogen and oxygen atoms in total. The molecular weight excluding hydrogens is 238 g/mol. The number of benzene rings is 1. The van der Waals surface area contributed by atoms with Crippen LogP contribution in [-0.2, 0) is 10.2 Å². The Morgan fingerprint density at radius 1 is 1.35 bits per heavy atom. The van der Waals surface area contributed by atoms with Gasteiger partial charge in [0.1, 0.15) is 0 Å². The molecule has 1 aliphatic heterocycles. The van der Waals surface area contributed by atoms with E-state index >= 15 is 0 Å². The van der Waals surface area contributed by atoms with Gasteiger partial charge < -0.3 is 5.73 Å². The van der Waals surface area contributed by atoms with Gasteiger partial charge in [-0.15, -0.1) is 0 Å². The summed E-state index contributed by atoms with van der Waals surface area (Å²) in [6, 6.07) is 7.29. The SMILES string of the molecule is Cc1ccc(N2CC(CN)N(C)S2(=O)=O)cc1. The van der Waals surface area contributed by atoms with Crippen molar-refractivity contribution in [1.29, 1.82) is 0 Å². The summed E-state index contributed by atoms with van der Waals surface area (Å²) in [4.78, 5) is 0. The fourth-order valence-corrected chi connectivity index (χ4v) is 3.51. The van der Waals surface area contributed by atoms with Crippen LogP contribution in [0.15, 0.2) is 24.3 Å². The third-order valence-electron chi connectivity index (χ3n) is 3.13. The maximum Gasteiger partial charge on any atom is 0.304 e. The van der Waals surface area contributed by atoms with E-state index in [0.717, 1.165) is 5.56 Å². The molecule has 0 amide bonds. The summed E-state index contributed by atoms with van der Waals surface area (Å²) in [6.45, 7) is 2.72. The summed E-state index contributed by atoms with van der Waals surface area (Å²) in [7, 11) is -1.84. The summed E-state index contributed by atoms with van der Waals surface area (Å²) >= 11 is 0. The van der Waals surface area contributed by atoms with Gasteiger partial charge in [-0.2, -0.15) is 12.7 Å². The molecule has 0 radical (unpaired) electrons. The van der Waals surface area contributed by atoms with Crippen LogP contribution >= 0.6 is 0 Å². The van der Waals surface area contributed by atoms with Gasteiger partial charge in [0, 0.05) is 13.6 Å². The molecule has 1 atom stereocenters. The van der Waals surface area contributed by atoms with Crippen LogP contribution in [0.2, 0.25) is 0 Å². The Balaban J connectivity index is 2.37. The zero-order chi connectivity index (χ0) is 12.6. The molecule has 1 aromatic carbocycles. The summed E-state index contributed by atoms with van der Waals surface area (Å²) in [5.41, 5.74) is 7.38. The van der Waals surface area contributed by atoms with Gasteiger partial charge in [0.15, 0.2) is 0 Å². The molecule has 0 aliphatic carbocycles.